The van der Waals surface area contributed by atoms with Crippen molar-refractivity contribution in [1.29, 1.82) is 0 Å². The van der Waals surface area contributed by atoms with Crippen LogP contribution in [0.5, 0.6) is 5.75 Å². The first-order valence-electron chi connectivity index (χ1n) is 12.9. The zero-order valence-electron chi connectivity index (χ0n) is 20.1. The van der Waals surface area contributed by atoms with Crippen LogP contribution in [0.3, 0.4) is 0 Å². The van der Waals surface area contributed by atoms with Gasteiger partial charge in [-0.15, -0.1) is 0 Å². The van der Waals surface area contributed by atoms with Crippen molar-refractivity contribution >= 4 is 23.2 Å². The number of thiocarbonyl (C=S) groups is 1. The number of morpholine rings is 1. The third kappa shape index (κ3) is 11.4. The minimum Gasteiger partial charge on any atom is -0.427 e. The molecule has 0 radical (unpaired) electrons. The molecule has 2 rings (SSSR count). The molecule has 0 bridgehead atoms. The van der Waals surface area contributed by atoms with E-state index >= 15 is 0 Å². The van der Waals surface area contributed by atoms with Crippen molar-refractivity contribution < 1.29 is 14.3 Å². The average molecular weight is 462 g/mol. The number of ether oxygens (including phenoxy) is 2. The van der Waals surface area contributed by atoms with Crippen molar-refractivity contribution in [3.05, 3.63) is 29.8 Å². The second kappa shape index (κ2) is 17.1. The fourth-order valence-electron chi connectivity index (χ4n) is 4.08. The maximum atomic E-state index is 12.1. The van der Waals surface area contributed by atoms with E-state index in [1.54, 1.807) is 0 Å². The van der Waals surface area contributed by atoms with E-state index in [0.29, 0.717) is 12.2 Å². The first-order chi connectivity index (χ1) is 15.7. The molecular weight excluding hydrogens is 418 g/mol. The smallest absolute Gasteiger partial charge is 0.311 e. The van der Waals surface area contributed by atoms with Crippen LogP contribution in [0.25, 0.3) is 0 Å². The lowest BCUT2D eigenvalue weighted by molar-refractivity contribution is -0.134. The van der Waals surface area contributed by atoms with Gasteiger partial charge in [0.25, 0.3) is 0 Å². The molecule has 5 heteroatoms. The van der Waals surface area contributed by atoms with Crippen molar-refractivity contribution in [3.63, 3.8) is 0 Å². The van der Waals surface area contributed by atoms with Gasteiger partial charge in [-0.1, -0.05) is 96.2 Å². The van der Waals surface area contributed by atoms with Crippen LogP contribution >= 0.6 is 12.2 Å². The molecule has 0 amide bonds. The highest BCUT2D eigenvalue weighted by atomic mass is 32.1. The lowest BCUT2D eigenvalue weighted by Crippen LogP contribution is -2.40. The minimum atomic E-state index is -0.142. The predicted octanol–water partition coefficient (Wildman–Crippen LogP) is 7.08. The lowest BCUT2D eigenvalue weighted by atomic mass is 10.0. The van der Waals surface area contributed by atoms with Crippen LogP contribution in [-0.4, -0.2) is 42.2 Å². The molecule has 1 aromatic rings. The highest BCUT2D eigenvalue weighted by molar-refractivity contribution is 7.80. The van der Waals surface area contributed by atoms with Crippen LogP contribution in [0, 0.1) is 0 Å². The van der Waals surface area contributed by atoms with Gasteiger partial charge in [0.15, 0.2) is 0 Å². The number of carbonyl (C=O) groups is 1. The van der Waals surface area contributed by atoms with E-state index in [1.165, 1.54) is 70.6 Å². The molecule has 0 unspecified atom stereocenters. The predicted molar refractivity (Wildman–Crippen MR) is 136 cm³/mol. The number of hydrogen-bond donors (Lipinski definition) is 0. The van der Waals surface area contributed by atoms with Gasteiger partial charge < -0.3 is 14.4 Å². The maximum Gasteiger partial charge on any atom is 0.311 e. The molecule has 0 spiro atoms. The number of nitrogens with zero attached hydrogens (tertiary/aromatic N) is 1. The Labute approximate surface area is 201 Å². The van der Waals surface area contributed by atoms with Gasteiger partial charge in [0.2, 0.25) is 0 Å². The zero-order valence-corrected chi connectivity index (χ0v) is 20.9. The summed E-state index contributed by atoms with van der Waals surface area (Å²) in [6.07, 6.45) is 17.4. The number of esters is 1. The summed E-state index contributed by atoms with van der Waals surface area (Å²) in [5.41, 5.74) is 0.984. The van der Waals surface area contributed by atoms with Gasteiger partial charge in [-0.05, 0) is 30.7 Å². The van der Waals surface area contributed by atoms with Crippen LogP contribution in [0.4, 0.5) is 0 Å². The summed E-state index contributed by atoms with van der Waals surface area (Å²) in [5.74, 6) is 0.454. The third-order valence-corrected chi connectivity index (χ3v) is 6.61. The van der Waals surface area contributed by atoms with E-state index in [4.69, 9.17) is 21.7 Å². The first-order valence-corrected chi connectivity index (χ1v) is 13.3. The number of unbranched alkanes of at least 4 members (excludes halogenated alkanes) is 12. The normalized spacial score (nSPS) is 13.8. The summed E-state index contributed by atoms with van der Waals surface area (Å²) < 4.78 is 10.9. The fraction of sp³-hybridized carbons (Fsp3) is 0.704. The standard InChI is InChI=1S/C27H43NO3S/c1-2-3-4-5-6-7-8-9-10-11-12-13-14-15-26(29)31-25-18-16-24(17-19-25)27(32)28-20-22-30-23-21-28/h16-19H,2-15,20-23H2,1H3. The van der Waals surface area contributed by atoms with Gasteiger partial charge in [0.1, 0.15) is 10.7 Å². The van der Waals surface area contributed by atoms with Crippen molar-refractivity contribution in [1.82, 2.24) is 4.90 Å². The van der Waals surface area contributed by atoms with E-state index in [9.17, 15) is 4.79 Å². The largest absolute Gasteiger partial charge is 0.427 e. The van der Waals surface area contributed by atoms with E-state index in [2.05, 4.69) is 11.8 Å². The molecular formula is C27H43NO3S. The van der Waals surface area contributed by atoms with Crippen molar-refractivity contribution in [2.24, 2.45) is 0 Å². The van der Waals surface area contributed by atoms with Crippen LogP contribution in [0.1, 0.15) is 102 Å². The molecule has 1 aliphatic heterocycles. The van der Waals surface area contributed by atoms with Gasteiger partial charge in [-0.3, -0.25) is 4.79 Å². The maximum absolute atomic E-state index is 12.1. The Kier molecular flexibility index (Phi) is 14.3. The summed E-state index contributed by atoms with van der Waals surface area (Å²) in [4.78, 5) is 15.1. The van der Waals surface area contributed by atoms with Crippen LogP contribution in [0.15, 0.2) is 24.3 Å². The van der Waals surface area contributed by atoms with Crippen molar-refractivity contribution in [3.8, 4) is 5.75 Å². The Bertz CT molecular complexity index is 641. The number of benzene rings is 1. The van der Waals surface area contributed by atoms with E-state index in [-0.39, 0.29) is 5.97 Å². The molecule has 1 saturated heterocycles. The van der Waals surface area contributed by atoms with E-state index < -0.39 is 0 Å². The molecule has 1 heterocycles. The molecule has 0 atom stereocenters. The van der Waals surface area contributed by atoms with Gasteiger partial charge in [-0.2, -0.15) is 0 Å². The Morgan fingerprint density at radius 2 is 1.34 bits per heavy atom. The SMILES string of the molecule is CCCCCCCCCCCCCCCC(=O)Oc1ccc(C(=S)N2CCOCC2)cc1. The summed E-state index contributed by atoms with van der Waals surface area (Å²) in [6, 6.07) is 7.55. The first kappa shape index (κ1) is 26.8. The van der Waals surface area contributed by atoms with E-state index in [1.807, 2.05) is 24.3 Å². The summed E-state index contributed by atoms with van der Waals surface area (Å²) in [6.45, 7) is 5.36. The topological polar surface area (TPSA) is 38.8 Å². The molecule has 0 aliphatic carbocycles. The zero-order chi connectivity index (χ0) is 22.9. The molecule has 0 N–H and O–H groups in total. The van der Waals surface area contributed by atoms with Crippen LogP contribution in [-0.2, 0) is 9.53 Å². The summed E-state index contributed by atoms with van der Waals surface area (Å²) >= 11 is 5.58. The van der Waals surface area contributed by atoms with Crippen molar-refractivity contribution in [2.75, 3.05) is 26.3 Å². The number of rotatable bonds is 16. The molecule has 32 heavy (non-hydrogen) atoms. The molecule has 1 aliphatic rings. The van der Waals surface area contributed by atoms with E-state index in [0.717, 1.165) is 49.7 Å². The van der Waals surface area contributed by atoms with Gasteiger partial charge in [0.05, 0.1) is 13.2 Å². The molecule has 0 aromatic heterocycles. The Morgan fingerprint density at radius 1 is 0.844 bits per heavy atom. The monoisotopic (exact) mass is 461 g/mol. The Balaban J connectivity index is 1.47. The second-order valence-corrected chi connectivity index (χ2v) is 9.28. The highest BCUT2D eigenvalue weighted by Gasteiger charge is 2.15. The lowest BCUT2D eigenvalue weighted by Gasteiger charge is -2.29. The molecule has 1 fully saturated rings. The summed E-state index contributed by atoms with van der Waals surface area (Å²) in [7, 11) is 0. The molecule has 180 valence electrons. The second-order valence-electron chi connectivity index (χ2n) is 8.90. The van der Waals surface area contributed by atoms with Gasteiger partial charge >= 0.3 is 5.97 Å². The van der Waals surface area contributed by atoms with Gasteiger partial charge in [0, 0.05) is 25.1 Å². The minimum absolute atomic E-state index is 0.142. The summed E-state index contributed by atoms with van der Waals surface area (Å²) in [5, 5.41) is 0. The Hall–Kier alpha value is -1.46. The molecule has 1 aromatic carbocycles. The van der Waals surface area contributed by atoms with Crippen LogP contribution < -0.4 is 4.74 Å². The number of hydrogen-bond acceptors (Lipinski definition) is 4. The number of carbonyl (C=O) groups excluding carboxylic acids is 1. The van der Waals surface area contributed by atoms with Gasteiger partial charge in [-0.25, -0.2) is 0 Å². The quantitative estimate of drug-likeness (QED) is 0.114. The van der Waals surface area contributed by atoms with Crippen molar-refractivity contribution in [2.45, 2.75) is 96.8 Å². The molecule has 4 nitrogen and oxygen atoms in total. The Morgan fingerprint density at radius 3 is 1.88 bits per heavy atom. The highest BCUT2D eigenvalue weighted by Crippen LogP contribution is 2.17. The third-order valence-electron chi connectivity index (χ3n) is 6.12. The average Bonchev–Trinajstić information content (AvgIpc) is 2.82. The fourth-order valence-corrected chi connectivity index (χ4v) is 4.40. The molecule has 0 saturated carbocycles. The van der Waals surface area contributed by atoms with Crippen LogP contribution in [0.2, 0.25) is 0 Å².